The average Bonchev–Trinajstić information content (AvgIpc) is 3.12. The van der Waals surface area contributed by atoms with E-state index >= 15 is 0 Å². The zero-order valence-corrected chi connectivity index (χ0v) is 18.2. The van der Waals surface area contributed by atoms with Gasteiger partial charge in [-0.05, 0) is 33.8 Å². The number of imidazole rings is 1. The van der Waals surface area contributed by atoms with Gasteiger partial charge < -0.3 is 21.5 Å². The molecule has 10 nitrogen and oxygen atoms in total. The fourth-order valence-electron chi connectivity index (χ4n) is 2.93. The number of nitrogen functional groups attached to an aromatic ring is 1. The van der Waals surface area contributed by atoms with E-state index in [1.165, 1.54) is 26.4 Å². The molecule has 11 heteroatoms. The van der Waals surface area contributed by atoms with Crippen LogP contribution in [0.5, 0.6) is 0 Å². The lowest BCUT2D eigenvalue weighted by atomic mass is 10.0. The summed E-state index contributed by atoms with van der Waals surface area (Å²) in [6.07, 6.45) is 1.23. The second-order valence-corrected chi connectivity index (χ2v) is 8.21. The first kappa shape index (κ1) is 22.9. The van der Waals surface area contributed by atoms with Crippen LogP contribution < -0.4 is 16.4 Å². The number of carbonyl (C=O) groups is 1. The van der Waals surface area contributed by atoms with Crippen molar-refractivity contribution in [2.45, 2.75) is 45.5 Å². The van der Waals surface area contributed by atoms with E-state index in [1.807, 2.05) is 19.9 Å². The van der Waals surface area contributed by atoms with Gasteiger partial charge in [-0.2, -0.15) is 5.26 Å². The number of aliphatic hydroxyl groups is 1. The number of nitrogens with zero attached hydrogens (tertiary/aromatic N) is 5. The number of amides is 1. The Labute approximate surface area is 184 Å². The van der Waals surface area contributed by atoms with E-state index in [-0.39, 0.29) is 29.5 Å². The molecule has 0 aliphatic rings. The van der Waals surface area contributed by atoms with Crippen LogP contribution in [0.1, 0.15) is 43.6 Å². The highest BCUT2D eigenvalue weighted by Gasteiger charge is 2.27. The number of carbonyl (C=O) groups excluding carboxylic acids is 1. The van der Waals surface area contributed by atoms with Gasteiger partial charge in [-0.3, -0.25) is 9.36 Å². The molecule has 3 aromatic heterocycles. The zero-order chi connectivity index (χ0) is 23.6. The summed E-state index contributed by atoms with van der Waals surface area (Å²) in [4.78, 5) is 25.5. The Bertz CT molecular complexity index is 1190. The van der Waals surface area contributed by atoms with E-state index in [9.17, 15) is 14.3 Å². The maximum Gasteiger partial charge on any atom is 0.255 e. The molecule has 5 N–H and O–H groups in total. The summed E-state index contributed by atoms with van der Waals surface area (Å²) in [7, 11) is 0. The fraction of sp³-hybridized carbons (Fsp3) is 0.381. The van der Waals surface area contributed by atoms with Crippen LogP contribution in [-0.4, -0.2) is 54.9 Å². The molecule has 0 bridgehead atoms. The number of nitriles is 1. The van der Waals surface area contributed by atoms with Crippen molar-refractivity contribution in [3.63, 3.8) is 0 Å². The van der Waals surface area contributed by atoms with Crippen LogP contribution in [0.3, 0.4) is 0 Å². The lowest BCUT2D eigenvalue weighted by Crippen LogP contribution is -2.42. The number of hydrogen-bond donors (Lipinski definition) is 4. The predicted molar refractivity (Wildman–Crippen MR) is 118 cm³/mol. The highest BCUT2D eigenvalue weighted by molar-refractivity contribution is 5.99. The third-order valence-electron chi connectivity index (χ3n) is 4.71. The smallest absolute Gasteiger partial charge is 0.255 e. The number of fused-ring (bicyclic) bond motifs is 1. The summed E-state index contributed by atoms with van der Waals surface area (Å²) < 4.78 is 15.6. The van der Waals surface area contributed by atoms with Crippen molar-refractivity contribution in [2.75, 3.05) is 17.6 Å². The lowest BCUT2D eigenvalue weighted by Gasteiger charge is -2.23. The second kappa shape index (κ2) is 8.76. The van der Waals surface area contributed by atoms with E-state index in [0.717, 1.165) is 0 Å². The summed E-state index contributed by atoms with van der Waals surface area (Å²) in [5.41, 5.74) is 6.07. The Kier molecular flexibility index (Phi) is 6.27. The van der Waals surface area contributed by atoms with Crippen molar-refractivity contribution in [1.82, 2.24) is 24.8 Å². The first-order valence-electron chi connectivity index (χ1n) is 9.96. The molecule has 0 radical (unpaired) electrons. The van der Waals surface area contributed by atoms with Crippen molar-refractivity contribution < 1.29 is 14.3 Å². The molecule has 32 heavy (non-hydrogen) atoms. The first-order chi connectivity index (χ1) is 15.0. The highest BCUT2D eigenvalue weighted by Crippen LogP contribution is 2.24. The molecule has 0 aliphatic heterocycles. The molecule has 1 atom stereocenters. The number of rotatable bonds is 7. The van der Waals surface area contributed by atoms with Crippen LogP contribution >= 0.6 is 0 Å². The monoisotopic (exact) mass is 440 g/mol. The van der Waals surface area contributed by atoms with Gasteiger partial charge in [0.15, 0.2) is 5.65 Å². The van der Waals surface area contributed by atoms with Gasteiger partial charge in [0.2, 0.25) is 0 Å². The third-order valence-corrected chi connectivity index (χ3v) is 4.71. The molecule has 0 fully saturated rings. The van der Waals surface area contributed by atoms with E-state index in [1.54, 1.807) is 16.7 Å². The number of aromatic nitrogens is 4. The molecule has 0 aliphatic carbocycles. The molecule has 3 aromatic rings. The standard InChI is InChI=1S/C21H25FN8O2/c1-11(2)28-14-6-17(25-8-13(14)20(31)26-9-16(22)21(3,4)32)30-10-27-15-5-12(7-23)18(24)29-19(15)30/h5-6,8,10-11,16,32H,9H2,1-4H3,(H2,24,29)(H,25,28)(H,26,31). The number of halogens is 1. The van der Waals surface area contributed by atoms with Crippen molar-refractivity contribution in [3.05, 3.63) is 35.8 Å². The Hall–Kier alpha value is -3.78. The fourth-order valence-corrected chi connectivity index (χ4v) is 2.93. The van der Waals surface area contributed by atoms with Crippen molar-refractivity contribution in [1.29, 1.82) is 5.26 Å². The number of nitrogens with two attached hydrogens (primary N) is 1. The second-order valence-electron chi connectivity index (χ2n) is 8.21. The Morgan fingerprint density at radius 3 is 2.72 bits per heavy atom. The number of anilines is 2. The molecule has 168 valence electrons. The van der Waals surface area contributed by atoms with Gasteiger partial charge in [0.1, 0.15) is 35.7 Å². The molecule has 0 saturated carbocycles. The summed E-state index contributed by atoms with van der Waals surface area (Å²) >= 11 is 0. The minimum absolute atomic E-state index is 0.00594. The molecule has 3 heterocycles. The molecular formula is C21H25FN8O2. The predicted octanol–water partition coefficient (Wildman–Crippen LogP) is 1.93. The van der Waals surface area contributed by atoms with Crippen LogP contribution in [0.4, 0.5) is 15.9 Å². The van der Waals surface area contributed by atoms with Gasteiger partial charge >= 0.3 is 0 Å². The third kappa shape index (κ3) is 4.76. The summed E-state index contributed by atoms with van der Waals surface area (Å²) in [5, 5.41) is 24.5. The minimum atomic E-state index is -1.63. The first-order valence-corrected chi connectivity index (χ1v) is 9.96. The maximum atomic E-state index is 14.0. The Morgan fingerprint density at radius 1 is 1.38 bits per heavy atom. The van der Waals surface area contributed by atoms with E-state index < -0.39 is 17.7 Å². The number of nitrogens with one attached hydrogen (secondary N) is 2. The lowest BCUT2D eigenvalue weighted by molar-refractivity contribution is -0.00177. The van der Waals surface area contributed by atoms with Crippen LogP contribution in [0, 0.1) is 11.3 Å². The number of alkyl halides is 1. The van der Waals surface area contributed by atoms with Gasteiger partial charge in [0.25, 0.3) is 5.91 Å². The van der Waals surface area contributed by atoms with Crippen LogP contribution in [0.15, 0.2) is 24.7 Å². The molecule has 1 amide bonds. The van der Waals surface area contributed by atoms with Gasteiger partial charge in [-0.1, -0.05) is 0 Å². The average molecular weight is 440 g/mol. The number of pyridine rings is 2. The SMILES string of the molecule is CC(C)Nc1cc(-n2cnc3cc(C#N)c(N)nc32)ncc1C(=O)NCC(F)C(C)(C)O. The van der Waals surface area contributed by atoms with Gasteiger partial charge in [0.05, 0.1) is 29.0 Å². The molecule has 0 saturated heterocycles. The molecule has 0 aromatic carbocycles. The van der Waals surface area contributed by atoms with Gasteiger partial charge in [-0.25, -0.2) is 19.3 Å². The van der Waals surface area contributed by atoms with Crippen molar-refractivity contribution in [3.8, 4) is 11.9 Å². The normalized spacial score (nSPS) is 12.6. The molecule has 0 spiro atoms. The van der Waals surface area contributed by atoms with E-state index in [2.05, 4.69) is 25.6 Å². The van der Waals surface area contributed by atoms with Crippen molar-refractivity contribution >= 4 is 28.6 Å². The summed E-state index contributed by atoms with van der Waals surface area (Å²) in [5.74, 6) is -0.0369. The quantitative estimate of drug-likeness (QED) is 0.434. The van der Waals surface area contributed by atoms with Crippen molar-refractivity contribution in [2.24, 2.45) is 0 Å². The van der Waals surface area contributed by atoms with E-state index in [4.69, 9.17) is 11.0 Å². The highest BCUT2D eigenvalue weighted by atomic mass is 19.1. The molecular weight excluding hydrogens is 415 g/mol. The minimum Gasteiger partial charge on any atom is -0.387 e. The zero-order valence-electron chi connectivity index (χ0n) is 18.2. The molecule has 3 rings (SSSR count). The molecule has 1 unspecified atom stereocenters. The van der Waals surface area contributed by atoms with Crippen LogP contribution in [0.2, 0.25) is 0 Å². The Morgan fingerprint density at radius 2 is 2.09 bits per heavy atom. The topological polar surface area (TPSA) is 155 Å². The maximum absolute atomic E-state index is 14.0. The van der Waals surface area contributed by atoms with Gasteiger partial charge in [0, 0.05) is 18.3 Å². The van der Waals surface area contributed by atoms with E-state index in [0.29, 0.717) is 22.7 Å². The van der Waals surface area contributed by atoms with Gasteiger partial charge in [-0.15, -0.1) is 0 Å². The van der Waals surface area contributed by atoms with Crippen LogP contribution in [-0.2, 0) is 0 Å². The summed E-state index contributed by atoms with van der Waals surface area (Å²) in [6, 6.07) is 5.15. The summed E-state index contributed by atoms with van der Waals surface area (Å²) in [6.45, 7) is 6.14. The van der Waals surface area contributed by atoms with Crippen LogP contribution in [0.25, 0.3) is 17.0 Å². The largest absolute Gasteiger partial charge is 0.387 e. The number of hydrogen-bond acceptors (Lipinski definition) is 8. The Balaban J connectivity index is 1.97.